The van der Waals surface area contributed by atoms with Gasteiger partial charge in [0.05, 0.1) is 6.10 Å². The van der Waals surface area contributed by atoms with E-state index in [0.29, 0.717) is 6.10 Å². The molecule has 3 rings (SSSR count). The summed E-state index contributed by atoms with van der Waals surface area (Å²) in [5, 5.41) is 3.37. The maximum atomic E-state index is 5.62. The van der Waals surface area contributed by atoms with Crippen LogP contribution in [0.2, 0.25) is 0 Å². The molecular weight excluding hydrogens is 252 g/mol. The highest BCUT2D eigenvalue weighted by Crippen LogP contribution is 2.20. The molecule has 2 fully saturated rings. The van der Waals surface area contributed by atoms with Crippen molar-refractivity contribution >= 4 is 11.8 Å². The Kier molecular flexibility index (Phi) is 4.35. The molecule has 110 valence electrons. The van der Waals surface area contributed by atoms with E-state index in [-0.39, 0.29) is 0 Å². The summed E-state index contributed by atoms with van der Waals surface area (Å²) in [5.74, 6) is 2.49. The second-order valence-electron chi connectivity index (χ2n) is 5.95. The Morgan fingerprint density at radius 3 is 3.15 bits per heavy atom. The molecule has 0 amide bonds. The van der Waals surface area contributed by atoms with E-state index in [9.17, 15) is 0 Å². The molecule has 2 atom stereocenters. The zero-order valence-corrected chi connectivity index (χ0v) is 12.2. The van der Waals surface area contributed by atoms with Crippen LogP contribution in [0.1, 0.15) is 32.6 Å². The molecule has 2 aliphatic rings. The molecule has 20 heavy (non-hydrogen) atoms. The van der Waals surface area contributed by atoms with Gasteiger partial charge in [-0.1, -0.05) is 6.92 Å². The minimum atomic E-state index is 0.337. The zero-order valence-electron chi connectivity index (χ0n) is 12.2. The van der Waals surface area contributed by atoms with Gasteiger partial charge in [-0.2, -0.15) is 4.98 Å². The van der Waals surface area contributed by atoms with Gasteiger partial charge in [0.15, 0.2) is 0 Å². The summed E-state index contributed by atoms with van der Waals surface area (Å²) in [6, 6.07) is 1.94. The van der Waals surface area contributed by atoms with Crippen LogP contribution in [0, 0.1) is 5.92 Å². The smallest absolute Gasteiger partial charge is 0.227 e. The lowest BCUT2D eigenvalue weighted by Crippen LogP contribution is -2.35. The van der Waals surface area contributed by atoms with Crippen LogP contribution < -0.4 is 10.2 Å². The Morgan fingerprint density at radius 1 is 1.40 bits per heavy atom. The maximum absolute atomic E-state index is 5.62. The van der Waals surface area contributed by atoms with Crippen molar-refractivity contribution in [2.24, 2.45) is 5.92 Å². The first-order valence-corrected chi connectivity index (χ1v) is 7.75. The normalized spacial score (nSPS) is 26.8. The molecule has 1 aromatic heterocycles. The van der Waals surface area contributed by atoms with Gasteiger partial charge < -0.3 is 15.0 Å². The highest BCUT2D eigenvalue weighted by atomic mass is 16.5. The van der Waals surface area contributed by atoms with E-state index >= 15 is 0 Å². The van der Waals surface area contributed by atoms with Crippen LogP contribution in [0.15, 0.2) is 12.3 Å². The third-order valence-electron chi connectivity index (χ3n) is 4.12. The number of nitrogens with one attached hydrogen (secondary N) is 1. The van der Waals surface area contributed by atoms with E-state index < -0.39 is 0 Å². The van der Waals surface area contributed by atoms with Gasteiger partial charge in [0.25, 0.3) is 0 Å². The number of ether oxygens (including phenoxy) is 1. The highest BCUT2D eigenvalue weighted by molar-refractivity contribution is 5.41. The fourth-order valence-corrected chi connectivity index (χ4v) is 2.99. The molecule has 0 aromatic carbocycles. The first kappa shape index (κ1) is 13.6. The van der Waals surface area contributed by atoms with Crippen LogP contribution >= 0.6 is 0 Å². The summed E-state index contributed by atoms with van der Waals surface area (Å²) < 4.78 is 5.62. The summed E-state index contributed by atoms with van der Waals surface area (Å²) in [6.45, 7) is 6.17. The summed E-state index contributed by atoms with van der Waals surface area (Å²) in [5.41, 5.74) is 0. The van der Waals surface area contributed by atoms with Gasteiger partial charge in [-0.05, 0) is 37.7 Å². The van der Waals surface area contributed by atoms with E-state index in [4.69, 9.17) is 4.74 Å². The van der Waals surface area contributed by atoms with Gasteiger partial charge in [0.1, 0.15) is 5.82 Å². The number of anilines is 2. The van der Waals surface area contributed by atoms with Crippen LogP contribution in [-0.2, 0) is 4.74 Å². The van der Waals surface area contributed by atoms with Crippen molar-refractivity contribution in [2.45, 2.75) is 38.7 Å². The SMILES string of the molecule is CC1CCCN(c2nccc(NCC3CCCO3)n2)C1. The number of hydrogen-bond acceptors (Lipinski definition) is 5. The molecule has 0 radical (unpaired) electrons. The molecule has 1 N–H and O–H groups in total. The molecule has 2 aliphatic heterocycles. The molecule has 0 aliphatic carbocycles. The Hall–Kier alpha value is -1.36. The van der Waals surface area contributed by atoms with Crippen molar-refractivity contribution < 1.29 is 4.74 Å². The quantitative estimate of drug-likeness (QED) is 0.914. The second-order valence-corrected chi connectivity index (χ2v) is 5.95. The van der Waals surface area contributed by atoms with Crippen molar-refractivity contribution in [3.05, 3.63) is 12.3 Å². The Balaban J connectivity index is 1.59. The topological polar surface area (TPSA) is 50.3 Å². The molecule has 2 saturated heterocycles. The third kappa shape index (κ3) is 3.39. The Bertz CT molecular complexity index is 434. The molecule has 5 heteroatoms. The van der Waals surface area contributed by atoms with Gasteiger partial charge >= 0.3 is 0 Å². The molecular formula is C15H24N4O. The fraction of sp³-hybridized carbons (Fsp3) is 0.733. The Morgan fingerprint density at radius 2 is 2.35 bits per heavy atom. The fourth-order valence-electron chi connectivity index (χ4n) is 2.99. The lowest BCUT2D eigenvalue weighted by molar-refractivity contribution is 0.120. The van der Waals surface area contributed by atoms with Crippen molar-refractivity contribution in [3.63, 3.8) is 0 Å². The average Bonchev–Trinajstić information content (AvgIpc) is 2.99. The summed E-state index contributed by atoms with van der Waals surface area (Å²) in [7, 11) is 0. The van der Waals surface area contributed by atoms with Crippen molar-refractivity contribution in [1.29, 1.82) is 0 Å². The van der Waals surface area contributed by atoms with E-state index in [2.05, 4.69) is 27.1 Å². The van der Waals surface area contributed by atoms with Gasteiger partial charge in [0.2, 0.25) is 5.95 Å². The monoisotopic (exact) mass is 276 g/mol. The largest absolute Gasteiger partial charge is 0.376 e. The molecule has 3 heterocycles. The van der Waals surface area contributed by atoms with E-state index in [0.717, 1.165) is 50.3 Å². The first-order valence-electron chi connectivity index (χ1n) is 7.75. The molecule has 2 unspecified atom stereocenters. The van der Waals surface area contributed by atoms with E-state index in [1.54, 1.807) is 0 Å². The van der Waals surface area contributed by atoms with Gasteiger partial charge in [-0.15, -0.1) is 0 Å². The minimum Gasteiger partial charge on any atom is -0.376 e. The number of rotatable bonds is 4. The Labute approximate surface area is 120 Å². The number of aromatic nitrogens is 2. The van der Waals surface area contributed by atoms with E-state index in [1.807, 2.05) is 12.3 Å². The molecule has 0 spiro atoms. The molecule has 0 bridgehead atoms. The number of piperidine rings is 1. The average molecular weight is 276 g/mol. The number of nitrogens with zero attached hydrogens (tertiary/aromatic N) is 3. The summed E-state index contributed by atoms with van der Waals surface area (Å²) in [4.78, 5) is 11.4. The van der Waals surface area contributed by atoms with Crippen LogP contribution in [0.25, 0.3) is 0 Å². The predicted octanol–water partition coefficient (Wildman–Crippen LogP) is 2.30. The second kappa shape index (κ2) is 6.39. The standard InChI is InChI=1S/C15H24N4O/c1-12-4-2-8-19(11-12)15-16-7-6-14(18-15)17-10-13-5-3-9-20-13/h6-7,12-13H,2-5,8-11H2,1H3,(H,16,17,18). The maximum Gasteiger partial charge on any atom is 0.227 e. The minimum absolute atomic E-state index is 0.337. The van der Waals surface area contributed by atoms with Gasteiger partial charge in [0, 0.05) is 32.4 Å². The molecule has 1 aromatic rings. The van der Waals surface area contributed by atoms with Crippen LogP contribution in [0.4, 0.5) is 11.8 Å². The summed E-state index contributed by atoms with van der Waals surface area (Å²) in [6.07, 6.45) is 7.05. The highest BCUT2D eigenvalue weighted by Gasteiger charge is 2.19. The van der Waals surface area contributed by atoms with Crippen LogP contribution in [0.3, 0.4) is 0 Å². The lowest BCUT2D eigenvalue weighted by Gasteiger charge is -2.31. The first-order chi connectivity index (χ1) is 9.81. The third-order valence-corrected chi connectivity index (χ3v) is 4.12. The van der Waals surface area contributed by atoms with Crippen molar-refractivity contribution in [3.8, 4) is 0 Å². The lowest BCUT2D eigenvalue weighted by atomic mass is 10.0. The van der Waals surface area contributed by atoms with Gasteiger partial charge in [-0.3, -0.25) is 0 Å². The summed E-state index contributed by atoms with van der Waals surface area (Å²) >= 11 is 0. The predicted molar refractivity (Wildman–Crippen MR) is 80.1 cm³/mol. The van der Waals surface area contributed by atoms with E-state index in [1.165, 1.54) is 19.3 Å². The van der Waals surface area contributed by atoms with Crippen LogP contribution in [-0.4, -0.2) is 42.3 Å². The molecule has 0 saturated carbocycles. The number of hydrogen-bond donors (Lipinski definition) is 1. The van der Waals surface area contributed by atoms with Crippen molar-refractivity contribution in [1.82, 2.24) is 9.97 Å². The van der Waals surface area contributed by atoms with Gasteiger partial charge in [-0.25, -0.2) is 4.98 Å². The van der Waals surface area contributed by atoms with Crippen LogP contribution in [0.5, 0.6) is 0 Å². The zero-order chi connectivity index (χ0) is 13.8. The molecule has 5 nitrogen and oxygen atoms in total. The van der Waals surface area contributed by atoms with Crippen molar-refractivity contribution in [2.75, 3.05) is 36.5 Å².